The molecule has 0 bridgehead atoms. The van der Waals surface area contributed by atoms with E-state index in [9.17, 15) is 13.6 Å². The maximum atomic E-state index is 13.7. The highest BCUT2D eigenvalue weighted by molar-refractivity contribution is 6.30. The van der Waals surface area contributed by atoms with E-state index in [0.29, 0.717) is 11.3 Å². The maximum Gasteiger partial charge on any atom is 0.268 e. The van der Waals surface area contributed by atoms with Gasteiger partial charge in [0.25, 0.3) is 5.91 Å². The molecule has 2 aromatic carbocycles. The zero-order chi connectivity index (χ0) is 16.4. The molecule has 0 fully saturated rings. The number of halogens is 3. The normalized spacial score (nSPS) is 16.7. The molecule has 1 N–H and O–H groups in total. The molecule has 2 aromatic rings. The first-order chi connectivity index (χ1) is 11.0. The fourth-order valence-corrected chi connectivity index (χ4v) is 2.32. The summed E-state index contributed by atoms with van der Waals surface area (Å²) >= 11 is 5.65. The van der Waals surface area contributed by atoms with Crippen molar-refractivity contribution in [1.29, 1.82) is 0 Å². The van der Waals surface area contributed by atoms with Gasteiger partial charge < -0.3 is 10.2 Å². The number of hydrogen-bond donors (Lipinski definition) is 1. The van der Waals surface area contributed by atoms with E-state index in [4.69, 9.17) is 16.4 Å². The fraction of sp³-hybridized carbons (Fsp3) is 0.125. The summed E-state index contributed by atoms with van der Waals surface area (Å²) in [6, 6.07) is 9.76. The fourth-order valence-electron chi connectivity index (χ4n) is 2.16. The standard InChI is InChI=1S/C16H11ClF2N2O2/c17-10-4-5-13(12(19)7-10)20-16(22)15-8-14(21-23-15)9-2-1-3-11(18)6-9/h1-7,15H,8H2,(H,20,22). The lowest BCUT2D eigenvalue weighted by atomic mass is 10.0. The van der Waals surface area contributed by atoms with Crippen LogP contribution in [0.4, 0.5) is 14.5 Å². The second-order valence-corrected chi connectivity index (χ2v) is 5.40. The Labute approximate surface area is 135 Å². The monoisotopic (exact) mass is 336 g/mol. The van der Waals surface area contributed by atoms with Crippen molar-refractivity contribution in [2.24, 2.45) is 5.16 Å². The Hall–Kier alpha value is -2.47. The lowest BCUT2D eigenvalue weighted by Crippen LogP contribution is -2.28. The molecule has 7 heteroatoms. The molecule has 0 aliphatic carbocycles. The Bertz CT molecular complexity index is 795. The quantitative estimate of drug-likeness (QED) is 0.928. The summed E-state index contributed by atoms with van der Waals surface area (Å²) in [6.45, 7) is 0. The zero-order valence-corrected chi connectivity index (χ0v) is 12.5. The Balaban J connectivity index is 1.67. The van der Waals surface area contributed by atoms with Gasteiger partial charge in [0.15, 0.2) is 0 Å². The second-order valence-electron chi connectivity index (χ2n) is 4.96. The first kappa shape index (κ1) is 15.4. The van der Waals surface area contributed by atoms with E-state index in [1.165, 1.54) is 24.3 Å². The van der Waals surface area contributed by atoms with E-state index < -0.39 is 23.6 Å². The van der Waals surface area contributed by atoms with E-state index in [1.807, 2.05) is 0 Å². The van der Waals surface area contributed by atoms with Crippen LogP contribution in [0.15, 0.2) is 47.6 Å². The van der Waals surface area contributed by atoms with Crippen molar-refractivity contribution in [1.82, 2.24) is 0 Å². The SMILES string of the molecule is O=C(Nc1ccc(Cl)cc1F)C1CC(c2cccc(F)c2)=NO1. The summed E-state index contributed by atoms with van der Waals surface area (Å²) < 4.78 is 26.9. The number of nitrogens with one attached hydrogen (secondary N) is 1. The van der Waals surface area contributed by atoms with Crippen molar-refractivity contribution < 1.29 is 18.4 Å². The summed E-state index contributed by atoms with van der Waals surface area (Å²) in [4.78, 5) is 17.2. The molecule has 0 spiro atoms. The number of rotatable bonds is 3. The van der Waals surface area contributed by atoms with Gasteiger partial charge >= 0.3 is 0 Å². The first-order valence-corrected chi connectivity index (χ1v) is 7.15. The molecule has 1 amide bonds. The van der Waals surface area contributed by atoms with Crippen molar-refractivity contribution in [3.8, 4) is 0 Å². The summed E-state index contributed by atoms with van der Waals surface area (Å²) in [7, 11) is 0. The van der Waals surface area contributed by atoms with E-state index >= 15 is 0 Å². The molecule has 0 saturated heterocycles. The van der Waals surface area contributed by atoms with Gasteiger partial charge in [0.05, 0.1) is 11.4 Å². The van der Waals surface area contributed by atoms with Gasteiger partial charge in [-0.3, -0.25) is 4.79 Å². The van der Waals surface area contributed by atoms with Crippen LogP contribution in [0.3, 0.4) is 0 Å². The summed E-state index contributed by atoms with van der Waals surface area (Å²) in [5.74, 6) is -1.59. The van der Waals surface area contributed by atoms with E-state index in [-0.39, 0.29) is 17.1 Å². The Kier molecular flexibility index (Phi) is 4.25. The van der Waals surface area contributed by atoms with Crippen LogP contribution < -0.4 is 5.32 Å². The van der Waals surface area contributed by atoms with Gasteiger partial charge in [0.2, 0.25) is 6.10 Å². The van der Waals surface area contributed by atoms with Crippen molar-refractivity contribution in [3.05, 3.63) is 64.7 Å². The van der Waals surface area contributed by atoms with E-state index in [1.54, 1.807) is 12.1 Å². The predicted octanol–water partition coefficient (Wildman–Crippen LogP) is 3.75. The number of benzene rings is 2. The van der Waals surface area contributed by atoms with Crippen molar-refractivity contribution in [2.45, 2.75) is 12.5 Å². The molecule has 3 rings (SSSR count). The van der Waals surface area contributed by atoms with Gasteiger partial charge in [0.1, 0.15) is 11.6 Å². The molecule has 1 heterocycles. The molecule has 1 aliphatic rings. The minimum Gasteiger partial charge on any atom is -0.382 e. The van der Waals surface area contributed by atoms with Gasteiger partial charge in [0, 0.05) is 17.0 Å². The van der Waals surface area contributed by atoms with Crippen molar-refractivity contribution in [3.63, 3.8) is 0 Å². The number of anilines is 1. The number of hydrogen-bond acceptors (Lipinski definition) is 3. The molecule has 4 nitrogen and oxygen atoms in total. The average Bonchev–Trinajstić information content (AvgIpc) is 3.00. The molecular formula is C16H11ClF2N2O2. The molecule has 118 valence electrons. The molecule has 0 saturated carbocycles. The molecule has 0 radical (unpaired) electrons. The van der Waals surface area contributed by atoms with Crippen LogP contribution in [0.1, 0.15) is 12.0 Å². The Morgan fingerprint density at radius 1 is 1.26 bits per heavy atom. The highest BCUT2D eigenvalue weighted by Gasteiger charge is 2.29. The summed E-state index contributed by atoms with van der Waals surface area (Å²) in [5.41, 5.74) is 1.00. The Morgan fingerprint density at radius 3 is 2.83 bits per heavy atom. The van der Waals surface area contributed by atoms with Gasteiger partial charge in [-0.25, -0.2) is 8.78 Å². The number of carbonyl (C=O) groups is 1. The summed E-state index contributed by atoms with van der Waals surface area (Å²) in [5, 5.41) is 6.45. The molecular weight excluding hydrogens is 326 g/mol. The maximum absolute atomic E-state index is 13.7. The zero-order valence-electron chi connectivity index (χ0n) is 11.7. The number of oxime groups is 1. The summed E-state index contributed by atoms with van der Waals surface area (Å²) in [6.07, 6.45) is -0.729. The van der Waals surface area contributed by atoms with Crippen LogP contribution >= 0.6 is 11.6 Å². The predicted molar refractivity (Wildman–Crippen MR) is 82.5 cm³/mol. The van der Waals surface area contributed by atoms with Gasteiger partial charge in [-0.1, -0.05) is 28.9 Å². The van der Waals surface area contributed by atoms with Crippen LogP contribution in [0, 0.1) is 11.6 Å². The highest BCUT2D eigenvalue weighted by atomic mass is 35.5. The average molecular weight is 337 g/mol. The molecule has 1 aliphatic heterocycles. The minimum atomic E-state index is -0.900. The number of carbonyl (C=O) groups excluding carboxylic acids is 1. The van der Waals surface area contributed by atoms with Crippen LogP contribution in [0.2, 0.25) is 5.02 Å². The van der Waals surface area contributed by atoms with Gasteiger partial charge in [-0.05, 0) is 30.3 Å². The molecule has 1 atom stereocenters. The van der Waals surface area contributed by atoms with E-state index in [2.05, 4.69) is 10.5 Å². The van der Waals surface area contributed by atoms with Crippen LogP contribution in [-0.4, -0.2) is 17.7 Å². The lowest BCUT2D eigenvalue weighted by Gasteiger charge is -2.10. The van der Waals surface area contributed by atoms with Gasteiger partial charge in [-0.2, -0.15) is 0 Å². The third-order valence-electron chi connectivity index (χ3n) is 3.31. The van der Waals surface area contributed by atoms with E-state index in [0.717, 1.165) is 6.07 Å². The van der Waals surface area contributed by atoms with Crippen molar-refractivity contribution in [2.75, 3.05) is 5.32 Å². The lowest BCUT2D eigenvalue weighted by molar-refractivity contribution is -0.125. The molecule has 1 unspecified atom stereocenters. The molecule has 0 aromatic heterocycles. The third-order valence-corrected chi connectivity index (χ3v) is 3.54. The van der Waals surface area contributed by atoms with Gasteiger partial charge in [-0.15, -0.1) is 0 Å². The topological polar surface area (TPSA) is 50.7 Å². The van der Waals surface area contributed by atoms with Crippen molar-refractivity contribution >= 4 is 28.9 Å². The number of nitrogens with zero attached hydrogens (tertiary/aromatic N) is 1. The smallest absolute Gasteiger partial charge is 0.268 e. The highest BCUT2D eigenvalue weighted by Crippen LogP contribution is 2.22. The minimum absolute atomic E-state index is 0.00204. The molecule has 23 heavy (non-hydrogen) atoms. The number of amides is 1. The van der Waals surface area contributed by atoms with Crippen LogP contribution in [-0.2, 0) is 9.63 Å². The Morgan fingerprint density at radius 2 is 2.09 bits per heavy atom. The van der Waals surface area contributed by atoms with Crippen LogP contribution in [0.25, 0.3) is 0 Å². The van der Waals surface area contributed by atoms with Crippen LogP contribution in [0.5, 0.6) is 0 Å². The largest absolute Gasteiger partial charge is 0.382 e. The third kappa shape index (κ3) is 3.48. The first-order valence-electron chi connectivity index (χ1n) is 6.77. The second kappa shape index (κ2) is 6.34.